The second-order valence-corrected chi connectivity index (χ2v) is 5.22. The number of ether oxygens (including phenoxy) is 1. The Morgan fingerprint density at radius 1 is 1.60 bits per heavy atom. The van der Waals surface area contributed by atoms with Gasteiger partial charge in [0.2, 0.25) is 0 Å². The number of guanidine groups is 1. The van der Waals surface area contributed by atoms with Crippen molar-refractivity contribution in [2.24, 2.45) is 10.9 Å². The molecule has 0 aliphatic carbocycles. The van der Waals surface area contributed by atoms with Crippen LogP contribution in [0.15, 0.2) is 23.3 Å². The summed E-state index contributed by atoms with van der Waals surface area (Å²) in [5.74, 6) is 1.56. The lowest BCUT2D eigenvalue weighted by atomic mass is 10.1. The van der Waals surface area contributed by atoms with Crippen LogP contribution in [0.5, 0.6) is 0 Å². The highest BCUT2D eigenvalue weighted by Crippen LogP contribution is 2.16. The van der Waals surface area contributed by atoms with E-state index in [0.29, 0.717) is 12.5 Å². The first-order chi connectivity index (χ1) is 9.74. The zero-order chi connectivity index (χ0) is 14.4. The van der Waals surface area contributed by atoms with Gasteiger partial charge in [-0.3, -0.25) is 9.98 Å². The molecule has 0 saturated carbocycles. The average molecular weight is 276 g/mol. The van der Waals surface area contributed by atoms with Crippen LogP contribution in [0.3, 0.4) is 0 Å². The first-order valence-electron chi connectivity index (χ1n) is 7.09. The van der Waals surface area contributed by atoms with Crippen LogP contribution in [-0.4, -0.2) is 49.7 Å². The summed E-state index contributed by atoms with van der Waals surface area (Å²) in [7, 11) is 3.59. The fourth-order valence-electron chi connectivity index (χ4n) is 2.60. The molecule has 5 nitrogen and oxygen atoms in total. The highest BCUT2D eigenvalue weighted by molar-refractivity contribution is 5.80. The standard InChI is InChI=1S/C15H24N4O/c1-12-5-4-7-17-14(12)9-18-15(16-2)19-8-6-13(10-19)11-20-3/h4-5,7,13H,6,8-11H2,1-3H3,(H,16,18). The van der Waals surface area contributed by atoms with E-state index in [4.69, 9.17) is 4.74 Å². The fraction of sp³-hybridized carbons (Fsp3) is 0.600. The number of aryl methyl sites for hydroxylation is 1. The molecule has 1 atom stereocenters. The minimum absolute atomic E-state index is 0.607. The molecule has 1 saturated heterocycles. The molecule has 5 heteroatoms. The molecule has 1 unspecified atom stereocenters. The molecule has 2 heterocycles. The Morgan fingerprint density at radius 3 is 3.15 bits per heavy atom. The maximum Gasteiger partial charge on any atom is 0.193 e. The molecular weight excluding hydrogens is 252 g/mol. The molecule has 1 N–H and O–H groups in total. The number of hydrogen-bond acceptors (Lipinski definition) is 3. The van der Waals surface area contributed by atoms with Gasteiger partial charge in [0.1, 0.15) is 0 Å². The van der Waals surface area contributed by atoms with Gasteiger partial charge in [-0.1, -0.05) is 6.07 Å². The molecule has 1 aromatic heterocycles. The topological polar surface area (TPSA) is 49.8 Å². The summed E-state index contributed by atoms with van der Waals surface area (Å²) in [6.07, 6.45) is 2.99. The van der Waals surface area contributed by atoms with Crippen LogP contribution in [0, 0.1) is 12.8 Å². The number of rotatable bonds is 4. The zero-order valence-electron chi connectivity index (χ0n) is 12.6. The van der Waals surface area contributed by atoms with E-state index in [-0.39, 0.29) is 0 Å². The lowest BCUT2D eigenvalue weighted by molar-refractivity contribution is 0.157. The van der Waals surface area contributed by atoms with E-state index >= 15 is 0 Å². The maximum atomic E-state index is 5.24. The van der Waals surface area contributed by atoms with Gasteiger partial charge >= 0.3 is 0 Å². The van der Waals surface area contributed by atoms with Gasteiger partial charge in [-0.15, -0.1) is 0 Å². The van der Waals surface area contributed by atoms with E-state index < -0.39 is 0 Å². The molecule has 0 spiro atoms. The van der Waals surface area contributed by atoms with E-state index in [1.807, 2.05) is 19.3 Å². The second kappa shape index (κ2) is 7.24. The summed E-state index contributed by atoms with van der Waals surface area (Å²) in [5.41, 5.74) is 2.27. The number of nitrogens with zero attached hydrogens (tertiary/aromatic N) is 3. The van der Waals surface area contributed by atoms with Gasteiger partial charge in [0.25, 0.3) is 0 Å². The Balaban J connectivity index is 1.89. The first-order valence-corrected chi connectivity index (χ1v) is 7.09. The van der Waals surface area contributed by atoms with Crippen molar-refractivity contribution in [1.29, 1.82) is 0 Å². The first kappa shape index (κ1) is 14.8. The minimum atomic E-state index is 0.607. The summed E-state index contributed by atoms with van der Waals surface area (Å²) in [6, 6.07) is 4.04. The van der Waals surface area contributed by atoms with Crippen LogP contribution >= 0.6 is 0 Å². The van der Waals surface area contributed by atoms with Crippen molar-refractivity contribution >= 4 is 5.96 Å². The van der Waals surface area contributed by atoms with Crippen LogP contribution < -0.4 is 5.32 Å². The monoisotopic (exact) mass is 276 g/mol. The van der Waals surface area contributed by atoms with Crippen molar-refractivity contribution in [2.75, 3.05) is 33.9 Å². The summed E-state index contributed by atoms with van der Waals surface area (Å²) in [5, 5.41) is 3.40. The highest BCUT2D eigenvalue weighted by Gasteiger charge is 2.24. The highest BCUT2D eigenvalue weighted by atomic mass is 16.5. The third kappa shape index (κ3) is 3.70. The minimum Gasteiger partial charge on any atom is -0.384 e. The van der Waals surface area contributed by atoms with Crippen molar-refractivity contribution in [3.8, 4) is 0 Å². The van der Waals surface area contributed by atoms with E-state index in [0.717, 1.165) is 37.8 Å². The summed E-state index contributed by atoms with van der Waals surface area (Å²) < 4.78 is 5.24. The van der Waals surface area contributed by atoms with E-state index in [1.54, 1.807) is 7.11 Å². The molecule has 1 aliphatic heterocycles. The second-order valence-electron chi connectivity index (χ2n) is 5.22. The van der Waals surface area contributed by atoms with E-state index in [1.165, 1.54) is 5.56 Å². The van der Waals surface area contributed by atoms with Gasteiger partial charge in [0.15, 0.2) is 5.96 Å². The zero-order valence-corrected chi connectivity index (χ0v) is 12.6. The van der Waals surface area contributed by atoms with Crippen LogP contribution in [0.25, 0.3) is 0 Å². The van der Waals surface area contributed by atoms with E-state index in [9.17, 15) is 0 Å². The number of nitrogens with one attached hydrogen (secondary N) is 1. The fourth-order valence-corrected chi connectivity index (χ4v) is 2.60. The summed E-state index contributed by atoms with van der Waals surface area (Å²) >= 11 is 0. The quantitative estimate of drug-likeness (QED) is 0.668. The van der Waals surface area contributed by atoms with Crippen molar-refractivity contribution < 1.29 is 4.74 Å². The Kier molecular flexibility index (Phi) is 5.35. The van der Waals surface area contributed by atoms with Gasteiger partial charge in [-0.25, -0.2) is 0 Å². The number of pyridine rings is 1. The predicted molar refractivity (Wildman–Crippen MR) is 80.7 cm³/mol. The number of methoxy groups -OCH3 is 1. The van der Waals surface area contributed by atoms with Gasteiger partial charge < -0.3 is 15.0 Å². The Hall–Kier alpha value is -1.62. The lowest BCUT2D eigenvalue weighted by Gasteiger charge is -2.21. The molecule has 0 bridgehead atoms. The van der Waals surface area contributed by atoms with Gasteiger partial charge in [-0.2, -0.15) is 0 Å². The lowest BCUT2D eigenvalue weighted by Crippen LogP contribution is -2.40. The maximum absolute atomic E-state index is 5.24. The Bertz CT molecular complexity index is 461. The molecule has 0 amide bonds. The number of aliphatic imine (C=N–C) groups is 1. The molecule has 1 aromatic rings. The van der Waals surface area contributed by atoms with Crippen molar-refractivity contribution in [3.05, 3.63) is 29.6 Å². The van der Waals surface area contributed by atoms with Crippen molar-refractivity contribution in [1.82, 2.24) is 15.2 Å². The van der Waals surface area contributed by atoms with E-state index in [2.05, 4.69) is 33.2 Å². The molecule has 0 aromatic carbocycles. The third-order valence-corrected chi connectivity index (χ3v) is 3.73. The van der Waals surface area contributed by atoms with Crippen LogP contribution in [0.2, 0.25) is 0 Å². The molecule has 110 valence electrons. The van der Waals surface area contributed by atoms with Gasteiger partial charge in [-0.05, 0) is 25.0 Å². The molecule has 1 fully saturated rings. The Morgan fingerprint density at radius 2 is 2.45 bits per heavy atom. The molecular formula is C15H24N4O. The number of hydrogen-bond donors (Lipinski definition) is 1. The van der Waals surface area contributed by atoms with Crippen LogP contribution in [-0.2, 0) is 11.3 Å². The van der Waals surface area contributed by atoms with Crippen molar-refractivity contribution in [2.45, 2.75) is 19.9 Å². The van der Waals surface area contributed by atoms with Crippen LogP contribution in [0.1, 0.15) is 17.7 Å². The normalized spacial score (nSPS) is 19.4. The molecule has 2 rings (SSSR count). The summed E-state index contributed by atoms with van der Waals surface area (Å²) in [4.78, 5) is 11.1. The van der Waals surface area contributed by atoms with Gasteiger partial charge in [0.05, 0.1) is 18.8 Å². The SMILES string of the molecule is CN=C(NCc1ncccc1C)N1CCC(COC)C1. The van der Waals surface area contributed by atoms with Crippen molar-refractivity contribution in [3.63, 3.8) is 0 Å². The number of likely N-dealkylation sites (tertiary alicyclic amines) is 1. The smallest absolute Gasteiger partial charge is 0.193 e. The predicted octanol–water partition coefficient (Wildman–Crippen LogP) is 1.43. The van der Waals surface area contributed by atoms with Gasteiger partial charge in [0, 0.05) is 39.4 Å². The Labute approximate surface area is 121 Å². The molecule has 0 radical (unpaired) electrons. The summed E-state index contributed by atoms with van der Waals surface area (Å²) in [6.45, 7) is 5.67. The largest absolute Gasteiger partial charge is 0.384 e. The molecule has 20 heavy (non-hydrogen) atoms. The molecule has 1 aliphatic rings. The third-order valence-electron chi connectivity index (χ3n) is 3.73. The number of aromatic nitrogens is 1. The van der Waals surface area contributed by atoms with Crippen LogP contribution in [0.4, 0.5) is 0 Å². The average Bonchev–Trinajstić information content (AvgIpc) is 2.90.